The molecular weight excluding hydrogens is 334 g/mol. The molecule has 0 saturated carbocycles. The van der Waals surface area contributed by atoms with Gasteiger partial charge in [-0.3, -0.25) is 0 Å². The molecule has 0 aromatic carbocycles. The smallest absolute Gasteiger partial charge is 0.114 e. The molecule has 5 heteroatoms. The van der Waals surface area contributed by atoms with Gasteiger partial charge >= 0.3 is 0 Å². The van der Waals surface area contributed by atoms with Crippen LogP contribution in [0.2, 0.25) is 0 Å². The first kappa shape index (κ1) is 67.3. The van der Waals surface area contributed by atoms with Crippen molar-refractivity contribution in [3.05, 3.63) is 0 Å². The Morgan fingerprint density at radius 3 is 0.400 bits per heavy atom. The zero-order valence-electron chi connectivity index (χ0n) is 2.34. The third-order valence-corrected chi connectivity index (χ3v) is 0. The van der Waals surface area contributed by atoms with Crippen LogP contribution in [0.4, 0.5) is 0 Å². The van der Waals surface area contributed by atoms with Crippen LogP contribution in [-0.2, 0) is 0 Å². The summed E-state index contributed by atoms with van der Waals surface area (Å²) >= 11 is 0. The molecule has 0 saturated heterocycles. The molecule has 3 N–H and O–H groups in total. The van der Waals surface area contributed by atoms with Crippen molar-refractivity contribution in [1.82, 2.24) is 6.15 Å². The molecule has 0 rings (SSSR count). The van der Waals surface area contributed by atoms with Gasteiger partial charge in [0.1, 0.15) is 0 Å². The Balaban J connectivity index is 0. The maximum atomic E-state index is 0. The van der Waals surface area contributed by atoms with Crippen molar-refractivity contribution in [2.45, 2.75) is 0 Å². The Hall–Kier alpha value is 1.88. The Kier molecular flexibility index (Phi) is 533. The van der Waals surface area contributed by atoms with Crippen LogP contribution in [0.3, 0.4) is 0 Å². The maximum absolute atomic E-state index is 0. The molecule has 0 radical (unpaired) electrons. The molecule has 0 aromatic heterocycles. The van der Waals surface area contributed by atoms with Crippen molar-refractivity contribution >= 4 is 67.9 Å². The minimum absolute atomic E-state index is 0. The van der Waals surface area contributed by atoms with Crippen LogP contribution < -0.4 is 6.15 Å². The van der Waals surface area contributed by atoms with Gasteiger partial charge < -0.3 is 6.15 Å². The first-order valence-corrected chi connectivity index (χ1v) is 0. The van der Waals surface area contributed by atoms with Crippen LogP contribution in [-0.4, -0.2) is 0 Å². The zero-order valence-corrected chi connectivity index (χ0v) is 9.19. The van der Waals surface area contributed by atoms with Gasteiger partial charge in [-0.25, -0.2) is 0 Å². The topological polar surface area (TPSA) is 35.0 Å². The summed E-state index contributed by atoms with van der Waals surface area (Å²) in [7, 11) is 0. The van der Waals surface area contributed by atoms with E-state index in [2.05, 4.69) is 0 Å². The van der Waals surface area contributed by atoms with Crippen molar-refractivity contribution in [2.24, 2.45) is 0 Å². The summed E-state index contributed by atoms with van der Waals surface area (Å²) in [6.07, 6.45) is 0. The zero-order chi connectivity index (χ0) is 0. The predicted octanol–water partition coefficient (Wildman–Crippen LogP) is 2.47. The minimum Gasteiger partial charge on any atom is -0.344 e. The largest absolute Gasteiger partial charge is 0.344 e. The van der Waals surface area contributed by atoms with Crippen molar-refractivity contribution < 1.29 is 0 Å². The van der Waals surface area contributed by atoms with Gasteiger partial charge in [0.2, 0.25) is 0 Å². The number of hydrogen-bond donors (Lipinski definition) is 1. The number of rotatable bonds is 0. The molecule has 5 heavy (non-hydrogen) atoms. The Morgan fingerprint density at radius 2 is 0.400 bits per heavy atom. The van der Waals surface area contributed by atoms with E-state index < -0.39 is 0 Å². The fourth-order valence-electron chi connectivity index (χ4n) is 0. The van der Waals surface area contributed by atoms with Crippen LogP contribution >= 0.6 is 67.9 Å². The summed E-state index contributed by atoms with van der Waals surface area (Å²) in [6, 6.07) is 0. The third kappa shape index (κ3) is 25.0. The van der Waals surface area contributed by atoms with E-state index in [9.17, 15) is 0 Å². The van der Waals surface area contributed by atoms with Crippen molar-refractivity contribution in [3.63, 3.8) is 0 Å². The molecule has 0 unspecified atom stereocenters. The van der Waals surface area contributed by atoms with Gasteiger partial charge in [-0.1, -0.05) is 0 Å². The highest BCUT2D eigenvalue weighted by Gasteiger charge is -0.111. The van der Waals surface area contributed by atoms with Crippen molar-refractivity contribution in [3.8, 4) is 0 Å². The lowest BCUT2D eigenvalue weighted by Crippen LogP contribution is -0.481. The highest BCUT2D eigenvalue weighted by Crippen LogP contribution is 0.849. The van der Waals surface area contributed by atoms with E-state index in [0.717, 1.165) is 0 Å². The van der Waals surface area contributed by atoms with E-state index in [0.29, 0.717) is 0 Å². The van der Waals surface area contributed by atoms with E-state index in [1.165, 1.54) is 0 Å². The van der Waals surface area contributed by atoms with Gasteiger partial charge in [-0.15, -0.1) is 67.9 Å². The molecule has 1 nitrogen and oxygen atoms in total. The molecule has 0 amide bonds. The average molecular weight is 341 g/mol. The van der Waals surface area contributed by atoms with Gasteiger partial charge in [-0.05, 0) is 0 Å². The average Bonchev–Trinajstić information content (AvgIpc) is 0. The third-order valence-electron chi connectivity index (χ3n) is 0. The fraction of sp³-hybridized carbons (Fsp3) is 0. The first-order chi connectivity index (χ1) is 0. The monoisotopic (exact) mass is 337 g/mol. The highest BCUT2D eigenvalue weighted by atomic mass is 79.9. The van der Waals surface area contributed by atoms with Gasteiger partial charge in [0.05, 0.1) is 0 Å². The van der Waals surface area contributed by atoms with Crippen LogP contribution in [0.15, 0.2) is 0 Å². The SMILES string of the molecule is Br.Br.Br.Br.N. The molecule has 0 aliphatic rings. The van der Waals surface area contributed by atoms with E-state index in [4.69, 9.17) is 0 Å². The normalized spacial score (nSPS) is 0. The maximum Gasteiger partial charge on any atom is -0.114 e. The highest BCUT2D eigenvalue weighted by molar-refractivity contribution is 8.93. The van der Waals surface area contributed by atoms with E-state index in [-0.39, 0.29) is 74.1 Å². The molecule has 0 bridgehead atoms. The van der Waals surface area contributed by atoms with Gasteiger partial charge in [-0.2, -0.15) is 0 Å². The first-order valence-electron chi connectivity index (χ1n) is 0. The van der Waals surface area contributed by atoms with Gasteiger partial charge in [0, 0.05) is 0 Å². The summed E-state index contributed by atoms with van der Waals surface area (Å²) in [6.45, 7) is 0. The quantitative estimate of drug-likeness (QED) is 0.722. The molecule has 0 aromatic rings. The lowest BCUT2D eigenvalue weighted by molar-refractivity contribution is 2.13. The summed E-state index contributed by atoms with van der Waals surface area (Å²) in [4.78, 5) is 0. The second-order valence-corrected chi connectivity index (χ2v) is 0. The molecule has 0 spiro atoms. The van der Waals surface area contributed by atoms with Crippen molar-refractivity contribution in [1.29, 1.82) is 0 Å². The summed E-state index contributed by atoms with van der Waals surface area (Å²) in [5.74, 6) is 0. The second-order valence-electron chi connectivity index (χ2n) is 0. The fourth-order valence-corrected chi connectivity index (χ4v) is 0. The van der Waals surface area contributed by atoms with Crippen LogP contribution in [0, 0.1) is 0 Å². The summed E-state index contributed by atoms with van der Waals surface area (Å²) in [5, 5.41) is 0. The number of hydrogen-bond acceptors (Lipinski definition) is 1. The van der Waals surface area contributed by atoms with Crippen LogP contribution in [0.1, 0.15) is 0 Å². The molecular formula is H7Br4N. The molecule has 0 heterocycles. The Labute approximate surface area is 73.6 Å². The molecule has 40 valence electrons. The summed E-state index contributed by atoms with van der Waals surface area (Å²) in [5.41, 5.74) is 0. The van der Waals surface area contributed by atoms with E-state index >= 15 is 0 Å². The van der Waals surface area contributed by atoms with Crippen LogP contribution in [0.5, 0.6) is 0 Å². The van der Waals surface area contributed by atoms with E-state index in [1.54, 1.807) is 0 Å². The molecule has 0 fully saturated rings. The molecule has 0 aliphatic carbocycles. The minimum atomic E-state index is 0. The lowest BCUT2D eigenvalue weighted by atomic mass is 14.0. The van der Waals surface area contributed by atoms with Crippen LogP contribution in [0.25, 0.3) is 0 Å². The molecule has 0 aliphatic heterocycles. The second kappa shape index (κ2) is 39.6. The predicted molar refractivity (Wildman–Crippen MR) is 46.3 cm³/mol. The lowest BCUT2D eigenvalue weighted by Gasteiger charge is -0.344. The van der Waals surface area contributed by atoms with Gasteiger partial charge in [0.15, 0.2) is 0 Å². The number of halogens is 4. The van der Waals surface area contributed by atoms with Gasteiger partial charge in [0.25, 0.3) is 0 Å². The molecule has 0 atom stereocenters. The van der Waals surface area contributed by atoms with Crippen molar-refractivity contribution in [2.75, 3.05) is 0 Å². The Bertz CT molecular complexity index is 3.61. The standard InChI is InChI=1S/4BrH.H3N/h4*1H;1H3. The van der Waals surface area contributed by atoms with E-state index in [1.807, 2.05) is 0 Å². The Morgan fingerprint density at radius 1 is 0.400 bits per heavy atom. The summed E-state index contributed by atoms with van der Waals surface area (Å²) < 4.78 is 0.